The lowest BCUT2D eigenvalue weighted by atomic mass is 9.77. The molecule has 0 amide bonds. The molecule has 96 valence electrons. The van der Waals surface area contributed by atoms with Crippen molar-refractivity contribution in [2.45, 2.75) is 51.1 Å². The van der Waals surface area contributed by atoms with Gasteiger partial charge >= 0.3 is 0 Å². The topological polar surface area (TPSA) is 35.5 Å². The molecule has 3 nitrogen and oxygen atoms in total. The van der Waals surface area contributed by atoms with Crippen LogP contribution in [0.1, 0.15) is 26.7 Å². The highest BCUT2D eigenvalue weighted by Gasteiger charge is 2.50. The third-order valence-electron chi connectivity index (χ3n) is 4.92. The quantitative estimate of drug-likeness (QED) is 0.699. The predicted molar refractivity (Wildman–Crippen MR) is 66.1 cm³/mol. The Kier molecular flexibility index (Phi) is 2.16. The van der Waals surface area contributed by atoms with Crippen molar-refractivity contribution < 1.29 is 14.3 Å². The van der Waals surface area contributed by atoms with Crippen molar-refractivity contribution in [1.29, 1.82) is 0 Å². The van der Waals surface area contributed by atoms with E-state index in [0.29, 0.717) is 5.78 Å². The fourth-order valence-electron chi connectivity index (χ4n) is 3.97. The highest BCUT2D eigenvalue weighted by atomic mass is 16.5. The van der Waals surface area contributed by atoms with E-state index in [1.54, 1.807) is 0 Å². The fourth-order valence-corrected chi connectivity index (χ4v) is 3.97. The molecular formula is C15H18O3. The molecule has 4 aliphatic heterocycles. The van der Waals surface area contributed by atoms with Crippen LogP contribution in [-0.2, 0) is 14.3 Å². The van der Waals surface area contributed by atoms with Crippen LogP contribution in [-0.4, -0.2) is 30.2 Å². The summed E-state index contributed by atoms with van der Waals surface area (Å²) in [5.74, 6) is 0.507. The molecule has 0 aromatic heterocycles. The average Bonchev–Trinajstić information content (AvgIpc) is 3.04. The maximum absolute atomic E-state index is 12.7. The molecule has 0 aromatic carbocycles. The first-order valence-electron chi connectivity index (χ1n) is 6.85. The van der Waals surface area contributed by atoms with E-state index in [4.69, 9.17) is 9.47 Å². The van der Waals surface area contributed by atoms with Gasteiger partial charge < -0.3 is 9.47 Å². The van der Waals surface area contributed by atoms with Crippen molar-refractivity contribution in [3.63, 3.8) is 0 Å². The minimum atomic E-state index is 0.0333. The number of hydrogen-bond donors (Lipinski definition) is 0. The van der Waals surface area contributed by atoms with Crippen LogP contribution in [0.4, 0.5) is 0 Å². The average molecular weight is 246 g/mol. The second kappa shape index (κ2) is 3.55. The summed E-state index contributed by atoms with van der Waals surface area (Å²) >= 11 is 0. The molecule has 4 heterocycles. The third kappa shape index (κ3) is 1.35. The molecule has 0 radical (unpaired) electrons. The number of hydrogen-bond acceptors (Lipinski definition) is 3. The van der Waals surface area contributed by atoms with E-state index in [-0.39, 0.29) is 36.3 Å². The summed E-state index contributed by atoms with van der Waals surface area (Å²) in [6.07, 6.45) is 6.50. The molecule has 18 heavy (non-hydrogen) atoms. The van der Waals surface area contributed by atoms with Crippen LogP contribution < -0.4 is 0 Å². The molecule has 0 aromatic rings. The zero-order chi connectivity index (χ0) is 12.4. The molecule has 6 unspecified atom stereocenters. The van der Waals surface area contributed by atoms with E-state index in [0.717, 1.165) is 12.8 Å². The van der Waals surface area contributed by atoms with Gasteiger partial charge in [-0.25, -0.2) is 0 Å². The lowest BCUT2D eigenvalue weighted by molar-refractivity contribution is -0.128. The van der Waals surface area contributed by atoms with Crippen LogP contribution in [0.15, 0.2) is 23.3 Å². The Balaban J connectivity index is 1.54. The van der Waals surface area contributed by atoms with Crippen LogP contribution in [0.5, 0.6) is 0 Å². The second-order valence-corrected chi connectivity index (χ2v) is 6.09. The Morgan fingerprint density at radius 1 is 1.11 bits per heavy atom. The van der Waals surface area contributed by atoms with Crippen LogP contribution >= 0.6 is 0 Å². The van der Waals surface area contributed by atoms with E-state index < -0.39 is 0 Å². The van der Waals surface area contributed by atoms with Crippen molar-refractivity contribution in [2.24, 2.45) is 11.8 Å². The molecule has 6 atom stereocenters. The zero-order valence-electron chi connectivity index (χ0n) is 10.8. The highest BCUT2D eigenvalue weighted by molar-refractivity contribution is 5.86. The van der Waals surface area contributed by atoms with Crippen LogP contribution in [0.2, 0.25) is 0 Å². The molecule has 4 aliphatic rings. The SMILES string of the molecule is CC1=CC2OC1CC2C(=O)C1CC2C=C(C)C1O2. The van der Waals surface area contributed by atoms with Gasteiger partial charge in [-0.05, 0) is 37.8 Å². The predicted octanol–water partition coefficient (Wildman–Crippen LogP) is 2.02. The summed E-state index contributed by atoms with van der Waals surface area (Å²) in [6.45, 7) is 4.17. The Labute approximate surface area is 107 Å². The number of ketones is 1. The third-order valence-corrected chi connectivity index (χ3v) is 4.92. The van der Waals surface area contributed by atoms with Gasteiger partial charge in [0.25, 0.3) is 0 Å². The normalized spacial score (nSPS) is 48.6. The summed E-state index contributed by atoms with van der Waals surface area (Å²) in [5.41, 5.74) is 2.53. The molecule has 2 fully saturated rings. The minimum absolute atomic E-state index is 0.0333. The zero-order valence-corrected chi connectivity index (χ0v) is 10.8. The van der Waals surface area contributed by atoms with Crippen LogP contribution in [0, 0.1) is 11.8 Å². The standard InChI is InChI=1S/C15H18O3/c1-7-4-13-10(6-12(7)18-13)14(16)11-5-9-3-8(2)15(11)17-9/h3-4,9-13,15H,5-6H2,1-2H3. The number of carbonyl (C=O) groups is 1. The van der Waals surface area contributed by atoms with Gasteiger partial charge in [-0.15, -0.1) is 0 Å². The van der Waals surface area contributed by atoms with E-state index in [9.17, 15) is 4.79 Å². The van der Waals surface area contributed by atoms with Crippen molar-refractivity contribution in [2.75, 3.05) is 0 Å². The molecule has 0 N–H and O–H groups in total. The molecule has 4 rings (SSSR count). The van der Waals surface area contributed by atoms with Gasteiger partial charge in [-0.2, -0.15) is 0 Å². The second-order valence-electron chi connectivity index (χ2n) is 6.09. The Morgan fingerprint density at radius 2 is 1.94 bits per heavy atom. The van der Waals surface area contributed by atoms with Gasteiger partial charge in [0.15, 0.2) is 0 Å². The molecule has 0 saturated carbocycles. The molecule has 4 bridgehead atoms. The van der Waals surface area contributed by atoms with E-state index in [2.05, 4.69) is 26.0 Å². The van der Waals surface area contributed by atoms with Gasteiger partial charge in [0.2, 0.25) is 0 Å². The van der Waals surface area contributed by atoms with Crippen LogP contribution in [0.25, 0.3) is 0 Å². The minimum Gasteiger partial charge on any atom is -0.366 e. The summed E-state index contributed by atoms with van der Waals surface area (Å²) in [6, 6.07) is 0. The summed E-state index contributed by atoms with van der Waals surface area (Å²) in [7, 11) is 0. The first-order valence-corrected chi connectivity index (χ1v) is 6.85. The van der Waals surface area contributed by atoms with Gasteiger partial charge in [0.05, 0.1) is 36.3 Å². The molecule has 3 heteroatoms. The summed E-state index contributed by atoms with van der Waals surface area (Å²) in [4.78, 5) is 12.7. The first kappa shape index (κ1) is 10.9. The first-order chi connectivity index (χ1) is 8.63. The Morgan fingerprint density at radius 3 is 2.50 bits per heavy atom. The van der Waals surface area contributed by atoms with Crippen molar-refractivity contribution in [1.82, 2.24) is 0 Å². The largest absolute Gasteiger partial charge is 0.366 e. The Bertz CT molecular complexity index is 476. The number of ether oxygens (including phenoxy) is 2. The lowest BCUT2D eigenvalue weighted by Crippen LogP contribution is -2.35. The van der Waals surface area contributed by atoms with Crippen molar-refractivity contribution >= 4 is 5.78 Å². The van der Waals surface area contributed by atoms with Gasteiger partial charge in [0.1, 0.15) is 5.78 Å². The maximum Gasteiger partial charge on any atom is 0.145 e. The fraction of sp³-hybridized carbons (Fsp3) is 0.667. The molecule has 0 aliphatic carbocycles. The summed E-state index contributed by atoms with van der Waals surface area (Å²) < 4.78 is 11.6. The highest BCUT2D eigenvalue weighted by Crippen LogP contribution is 2.44. The lowest BCUT2D eigenvalue weighted by Gasteiger charge is -2.23. The maximum atomic E-state index is 12.7. The smallest absolute Gasteiger partial charge is 0.145 e. The number of Topliss-reactive ketones (excluding diaryl/α,β-unsaturated/α-hetero) is 1. The molecule has 0 spiro atoms. The molecule has 2 saturated heterocycles. The molecular weight excluding hydrogens is 228 g/mol. The van der Waals surface area contributed by atoms with Gasteiger partial charge in [0, 0.05) is 0 Å². The van der Waals surface area contributed by atoms with Crippen LogP contribution in [0.3, 0.4) is 0 Å². The van der Waals surface area contributed by atoms with Crippen molar-refractivity contribution in [3.8, 4) is 0 Å². The number of rotatable bonds is 2. The van der Waals surface area contributed by atoms with Crippen molar-refractivity contribution in [3.05, 3.63) is 23.3 Å². The summed E-state index contributed by atoms with van der Waals surface area (Å²) in [5, 5.41) is 0. The number of fused-ring (bicyclic) bond motifs is 4. The van der Waals surface area contributed by atoms with Gasteiger partial charge in [-0.3, -0.25) is 4.79 Å². The number of carbonyl (C=O) groups excluding carboxylic acids is 1. The van der Waals surface area contributed by atoms with E-state index in [1.807, 2.05) is 0 Å². The Hall–Kier alpha value is -0.930. The van der Waals surface area contributed by atoms with E-state index in [1.165, 1.54) is 11.1 Å². The van der Waals surface area contributed by atoms with Gasteiger partial charge in [-0.1, -0.05) is 12.2 Å². The monoisotopic (exact) mass is 246 g/mol. The van der Waals surface area contributed by atoms with E-state index >= 15 is 0 Å².